The van der Waals surface area contributed by atoms with Crippen LogP contribution in [-0.2, 0) is 60.6 Å². The van der Waals surface area contributed by atoms with Crippen molar-refractivity contribution in [3.05, 3.63) is 105 Å². The van der Waals surface area contributed by atoms with Gasteiger partial charge in [0.1, 0.15) is 24.8 Å². The van der Waals surface area contributed by atoms with Gasteiger partial charge in [-0.15, -0.1) is 0 Å². The van der Waals surface area contributed by atoms with Crippen LogP contribution in [0.2, 0.25) is 0 Å². The molecule has 0 unspecified atom stereocenters. The second-order valence-corrected chi connectivity index (χ2v) is 19.1. The van der Waals surface area contributed by atoms with E-state index in [2.05, 4.69) is 9.97 Å². The van der Waals surface area contributed by atoms with E-state index in [1.165, 1.54) is 58.2 Å². The number of rotatable bonds is 16. The molecule has 4 aromatic rings. The number of nitrogens with zero attached hydrogens (tertiary/aromatic N) is 6. The van der Waals surface area contributed by atoms with E-state index in [9.17, 15) is 37.1 Å². The minimum Gasteiger partial charge on any atom is -0.390 e. The average molecular weight is 879 g/mol. The summed E-state index contributed by atoms with van der Waals surface area (Å²) in [6, 6.07) is 12.7. The molecule has 60 heavy (non-hydrogen) atoms. The molecule has 0 aliphatic carbocycles. The van der Waals surface area contributed by atoms with Crippen LogP contribution in [0.4, 0.5) is 11.9 Å². The largest absolute Gasteiger partial charge is 0.434 e. The van der Waals surface area contributed by atoms with E-state index < -0.39 is 52.5 Å². The highest BCUT2D eigenvalue weighted by Crippen LogP contribution is 2.36. The van der Waals surface area contributed by atoms with E-state index in [1.54, 1.807) is 52.0 Å². The zero-order chi connectivity index (χ0) is 44.0. The number of ether oxygens (including phenoxy) is 4. The summed E-state index contributed by atoms with van der Waals surface area (Å²) in [4.78, 5) is 28.7. The molecule has 0 amide bonds. The number of aromatic nitrogens is 4. The number of hydrogen-bond donors (Lipinski definition) is 0. The Morgan fingerprint density at radius 3 is 1.23 bits per heavy atom. The normalized spacial score (nSPS) is 18.2. The number of hydrogen-bond acceptors (Lipinski definition) is 16. The van der Waals surface area contributed by atoms with Gasteiger partial charge in [0.2, 0.25) is 0 Å². The standard InChI is InChI=1S/2C19H25N3O7S/c2*1-15-4-6-16(7-5-15)30(25,26)29-14-19(12-27-18(2,3)28-13-19)8-10-21-11-9-20-17(21)22(23)24/h2*4-7,9,11H,8,10,12-14H2,1-3H3. The molecule has 0 atom stereocenters. The summed E-state index contributed by atoms with van der Waals surface area (Å²) in [6.45, 7) is 11.6. The Bertz CT molecular complexity index is 2140. The third-order valence-corrected chi connectivity index (χ3v) is 12.6. The summed E-state index contributed by atoms with van der Waals surface area (Å²) in [7, 11) is -7.95. The smallest absolute Gasteiger partial charge is 0.390 e. The first kappa shape index (κ1) is 46.4. The molecule has 22 heteroatoms. The number of benzene rings is 2. The molecule has 2 saturated heterocycles. The second-order valence-electron chi connectivity index (χ2n) is 15.9. The summed E-state index contributed by atoms with van der Waals surface area (Å²) in [5.74, 6) is -2.17. The Hall–Kier alpha value is -4.68. The van der Waals surface area contributed by atoms with Crippen LogP contribution in [0.3, 0.4) is 0 Å². The van der Waals surface area contributed by atoms with Crippen molar-refractivity contribution in [1.29, 1.82) is 0 Å². The number of aryl methyl sites for hydroxylation is 4. The van der Waals surface area contributed by atoms with Gasteiger partial charge in [0.15, 0.2) is 11.6 Å². The van der Waals surface area contributed by atoms with Crippen molar-refractivity contribution in [2.75, 3.05) is 39.6 Å². The molecule has 0 radical (unpaired) electrons. The second kappa shape index (κ2) is 18.5. The van der Waals surface area contributed by atoms with E-state index in [0.717, 1.165) is 11.1 Å². The lowest BCUT2D eigenvalue weighted by Gasteiger charge is -2.42. The van der Waals surface area contributed by atoms with Crippen molar-refractivity contribution >= 4 is 32.1 Å². The van der Waals surface area contributed by atoms with Crippen molar-refractivity contribution in [2.24, 2.45) is 10.8 Å². The maximum absolute atomic E-state index is 12.6. The highest BCUT2D eigenvalue weighted by molar-refractivity contribution is 7.87. The van der Waals surface area contributed by atoms with Gasteiger partial charge in [-0.05, 0) is 88.5 Å². The Balaban J connectivity index is 0.000000228. The van der Waals surface area contributed by atoms with Gasteiger partial charge < -0.3 is 39.2 Å². The van der Waals surface area contributed by atoms with Gasteiger partial charge in [-0.1, -0.05) is 45.4 Å². The monoisotopic (exact) mass is 878 g/mol. The first-order chi connectivity index (χ1) is 28.0. The highest BCUT2D eigenvalue weighted by atomic mass is 32.2. The molecule has 0 N–H and O–H groups in total. The molecule has 2 fully saturated rings. The molecule has 20 nitrogen and oxygen atoms in total. The summed E-state index contributed by atoms with van der Waals surface area (Å²) < 4.78 is 87.1. The highest BCUT2D eigenvalue weighted by Gasteiger charge is 2.43. The van der Waals surface area contributed by atoms with Crippen LogP contribution in [0.15, 0.2) is 83.1 Å². The Morgan fingerprint density at radius 2 is 0.933 bits per heavy atom. The molecule has 0 saturated carbocycles. The quantitative estimate of drug-likeness (QED) is 0.0784. The van der Waals surface area contributed by atoms with E-state index in [-0.39, 0.29) is 74.4 Å². The molecule has 4 heterocycles. The lowest BCUT2D eigenvalue weighted by atomic mass is 9.86. The Labute approximate surface area is 348 Å². The molecule has 2 aromatic carbocycles. The summed E-state index contributed by atoms with van der Waals surface area (Å²) in [5, 5.41) is 22.2. The van der Waals surface area contributed by atoms with Gasteiger partial charge in [-0.25, -0.2) is 9.13 Å². The third-order valence-electron chi connectivity index (χ3n) is 10.0. The van der Waals surface area contributed by atoms with Crippen LogP contribution in [0, 0.1) is 44.9 Å². The average Bonchev–Trinajstić information content (AvgIpc) is 3.88. The van der Waals surface area contributed by atoms with Gasteiger partial charge in [0.05, 0.1) is 62.5 Å². The fourth-order valence-corrected chi connectivity index (χ4v) is 8.06. The number of nitro groups is 2. The van der Waals surface area contributed by atoms with Crippen LogP contribution in [-0.4, -0.2) is 97.0 Å². The predicted octanol–water partition coefficient (Wildman–Crippen LogP) is 5.33. The van der Waals surface area contributed by atoms with Crippen molar-refractivity contribution in [3.8, 4) is 0 Å². The van der Waals surface area contributed by atoms with Gasteiger partial charge in [0, 0.05) is 10.8 Å². The fourth-order valence-electron chi connectivity index (χ4n) is 6.04. The van der Waals surface area contributed by atoms with Crippen LogP contribution in [0.1, 0.15) is 51.7 Å². The van der Waals surface area contributed by atoms with Crippen LogP contribution < -0.4 is 0 Å². The lowest BCUT2D eigenvalue weighted by Crippen LogP contribution is -2.49. The number of imidazole rings is 2. The van der Waals surface area contributed by atoms with Crippen LogP contribution in [0.5, 0.6) is 0 Å². The zero-order valence-corrected chi connectivity index (χ0v) is 35.8. The minimum atomic E-state index is -3.98. The molecular weight excluding hydrogens is 829 g/mol. The fraction of sp³-hybridized carbons (Fsp3) is 0.526. The summed E-state index contributed by atoms with van der Waals surface area (Å²) in [5.41, 5.74) is 0.268. The summed E-state index contributed by atoms with van der Waals surface area (Å²) >= 11 is 0. The van der Waals surface area contributed by atoms with Gasteiger partial charge in [0.25, 0.3) is 20.2 Å². The van der Waals surface area contributed by atoms with Crippen LogP contribution >= 0.6 is 0 Å². The molecule has 2 aromatic heterocycles. The van der Waals surface area contributed by atoms with Gasteiger partial charge >= 0.3 is 11.9 Å². The van der Waals surface area contributed by atoms with Crippen molar-refractivity contribution in [3.63, 3.8) is 0 Å². The van der Waals surface area contributed by atoms with Crippen molar-refractivity contribution < 1.29 is 54.0 Å². The lowest BCUT2D eigenvalue weighted by molar-refractivity contribution is -0.397. The van der Waals surface area contributed by atoms with Gasteiger partial charge in [-0.2, -0.15) is 16.8 Å². The van der Waals surface area contributed by atoms with Crippen LogP contribution in [0.25, 0.3) is 0 Å². The molecule has 0 spiro atoms. The molecule has 2 aliphatic rings. The Morgan fingerprint density at radius 1 is 0.617 bits per heavy atom. The molecular formula is C38H50N6O14S2. The van der Waals surface area contributed by atoms with Crippen molar-refractivity contribution in [2.45, 2.75) is 88.8 Å². The maximum Gasteiger partial charge on any atom is 0.434 e. The van der Waals surface area contributed by atoms with E-state index in [1.807, 2.05) is 13.8 Å². The molecule has 6 rings (SSSR count). The first-order valence-corrected chi connectivity index (χ1v) is 21.6. The zero-order valence-electron chi connectivity index (χ0n) is 34.2. The molecule has 328 valence electrons. The molecule has 0 bridgehead atoms. The van der Waals surface area contributed by atoms with E-state index >= 15 is 0 Å². The van der Waals surface area contributed by atoms with Crippen molar-refractivity contribution in [1.82, 2.24) is 19.1 Å². The maximum atomic E-state index is 12.6. The first-order valence-electron chi connectivity index (χ1n) is 18.8. The summed E-state index contributed by atoms with van der Waals surface area (Å²) in [6.07, 6.45) is 6.38. The van der Waals surface area contributed by atoms with E-state index in [4.69, 9.17) is 27.3 Å². The third kappa shape index (κ3) is 12.2. The Kier molecular flexibility index (Phi) is 14.3. The SMILES string of the molecule is Cc1ccc(S(=O)(=O)OCC2(CCn3ccnc3[N+](=O)[O-])COC(C)(C)OC2)cc1.Cc1ccc(S(=O)(=O)OCC2(CCn3ccnc3[N+](=O)[O-])COC(C)(C)OC2)cc1. The van der Waals surface area contributed by atoms with E-state index in [0.29, 0.717) is 12.8 Å². The van der Waals surface area contributed by atoms with Gasteiger partial charge in [-0.3, -0.25) is 8.37 Å². The molecule has 2 aliphatic heterocycles. The predicted molar refractivity (Wildman–Crippen MR) is 212 cm³/mol. The topological polar surface area (TPSA) is 246 Å². The minimum absolute atomic E-state index is 0.0615.